The molecule has 4 nitrogen and oxygen atoms in total. The molecule has 2 rings (SSSR count). The molecule has 3 unspecified atom stereocenters. The van der Waals surface area contributed by atoms with Crippen LogP contribution in [0, 0.1) is 0 Å². The second-order valence-electron chi connectivity index (χ2n) is 4.01. The van der Waals surface area contributed by atoms with Crippen molar-refractivity contribution in [1.29, 1.82) is 0 Å². The average Bonchev–Trinajstić information content (AvgIpc) is 2.85. The molecule has 3 atom stereocenters. The first-order valence-corrected chi connectivity index (χ1v) is 5.74. The van der Waals surface area contributed by atoms with Gasteiger partial charge in [-0.3, -0.25) is 0 Å². The molecule has 0 aliphatic heterocycles. The second-order valence-corrected chi connectivity index (χ2v) is 4.67. The van der Waals surface area contributed by atoms with E-state index in [1.165, 1.54) is 6.42 Å². The molecule has 84 valence electrons. The van der Waals surface area contributed by atoms with Gasteiger partial charge in [0.05, 0.1) is 23.7 Å². The molecule has 5 heteroatoms. The Morgan fingerprint density at radius 3 is 3.00 bits per heavy atom. The molecular weight excluding hydrogens is 214 g/mol. The molecule has 1 aromatic heterocycles. The lowest BCUT2D eigenvalue weighted by Crippen LogP contribution is -2.21. The first-order valence-electron chi connectivity index (χ1n) is 5.31. The Balaban J connectivity index is 2.14. The van der Waals surface area contributed by atoms with Crippen molar-refractivity contribution < 1.29 is 4.74 Å². The molecule has 0 saturated heterocycles. The lowest BCUT2D eigenvalue weighted by molar-refractivity contribution is 0.0702. The number of hydrogen-bond donors (Lipinski definition) is 0. The monoisotopic (exact) mass is 229 g/mol. The fraction of sp³-hybridized carbons (Fsp3) is 0.800. The fourth-order valence-corrected chi connectivity index (χ4v) is 2.22. The van der Waals surface area contributed by atoms with Gasteiger partial charge in [-0.2, -0.15) is 0 Å². The largest absolute Gasteiger partial charge is 0.379 e. The predicted octanol–water partition coefficient (Wildman–Crippen LogP) is 2.32. The molecule has 0 N–H and O–H groups in total. The van der Waals surface area contributed by atoms with E-state index in [0.29, 0.717) is 6.04 Å². The summed E-state index contributed by atoms with van der Waals surface area (Å²) in [6.07, 6.45) is 5.60. The molecule has 1 saturated carbocycles. The number of rotatable bonds is 3. The zero-order valence-corrected chi connectivity index (χ0v) is 9.81. The van der Waals surface area contributed by atoms with Gasteiger partial charge < -0.3 is 4.74 Å². The van der Waals surface area contributed by atoms with Crippen LogP contribution in [0.25, 0.3) is 0 Å². The maximum atomic E-state index is 5.95. The first-order chi connectivity index (χ1) is 7.22. The van der Waals surface area contributed by atoms with Crippen LogP contribution in [-0.4, -0.2) is 28.2 Å². The van der Waals surface area contributed by atoms with E-state index >= 15 is 0 Å². The molecule has 0 spiro atoms. The van der Waals surface area contributed by atoms with Gasteiger partial charge in [0.25, 0.3) is 0 Å². The van der Waals surface area contributed by atoms with Gasteiger partial charge in [0.1, 0.15) is 5.69 Å². The Morgan fingerprint density at radius 2 is 2.40 bits per heavy atom. The van der Waals surface area contributed by atoms with E-state index in [-0.39, 0.29) is 11.5 Å². The van der Waals surface area contributed by atoms with Crippen molar-refractivity contribution in [2.24, 2.45) is 0 Å². The van der Waals surface area contributed by atoms with Crippen LogP contribution >= 0.6 is 11.6 Å². The van der Waals surface area contributed by atoms with Gasteiger partial charge in [-0.1, -0.05) is 5.21 Å². The standard InChI is InChI=1S/C10H16ClN3O/c1-7(11)8-6-14(13-12-8)9-4-3-5-10(9)15-2/h6-7,9-10H,3-5H2,1-2H3. The Kier molecular flexibility index (Phi) is 3.26. The quantitative estimate of drug-likeness (QED) is 0.747. The van der Waals surface area contributed by atoms with Crippen LogP contribution in [0.4, 0.5) is 0 Å². The molecule has 0 bridgehead atoms. The third-order valence-corrected chi connectivity index (χ3v) is 3.22. The number of nitrogens with zero attached hydrogens (tertiary/aromatic N) is 3. The number of aromatic nitrogens is 3. The fourth-order valence-electron chi connectivity index (χ4n) is 2.12. The molecule has 0 radical (unpaired) electrons. The number of halogens is 1. The van der Waals surface area contributed by atoms with E-state index in [9.17, 15) is 0 Å². The van der Waals surface area contributed by atoms with Crippen molar-refractivity contribution in [3.8, 4) is 0 Å². The summed E-state index contributed by atoms with van der Waals surface area (Å²) in [7, 11) is 1.75. The van der Waals surface area contributed by atoms with Gasteiger partial charge in [0.15, 0.2) is 0 Å². The van der Waals surface area contributed by atoms with Gasteiger partial charge in [-0.15, -0.1) is 16.7 Å². The highest BCUT2D eigenvalue weighted by Gasteiger charge is 2.29. The number of ether oxygens (including phenoxy) is 1. The number of hydrogen-bond acceptors (Lipinski definition) is 3. The summed E-state index contributed by atoms with van der Waals surface area (Å²) >= 11 is 5.95. The Labute approximate surface area is 94.6 Å². The smallest absolute Gasteiger partial charge is 0.100 e. The van der Waals surface area contributed by atoms with Gasteiger partial charge in [0, 0.05) is 7.11 Å². The van der Waals surface area contributed by atoms with Crippen molar-refractivity contribution in [2.75, 3.05) is 7.11 Å². The van der Waals surface area contributed by atoms with Crippen LogP contribution in [0.5, 0.6) is 0 Å². The highest BCUT2D eigenvalue weighted by Crippen LogP contribution is 2.32. The zero-order valence-electron chi connectivity index (χ0n) is 9.06. The summed E-state index contributed by atoms with van der Waals surface area (Å²) in [5.41, 5.74) is 0.832. The third-order valence-electron chi connectivity index (χ3n) is 3.00. The lowest BCUT2D eigenvalue weighted by atomic mass is 10.2. The second kappa shape index (κ2) is 4.49. The van der Waals surface area contributed by atoms with Gasteiger partial charge in [0.2, 0.25) is 0 Å². The topological polar surface area (TPSA) is 39.9 Å². The molecular formula is C10H16ClN3O. The summed E-state index contributed by atoms with van der Waals surface area (Å²) in [4.78, 5) is 0. The summed E-state index contributed by atoms with van der Waals surface area (Å²) < 4.78 is 7.32. The molecule has 1 aromatic rings. The van der Waals surface area contributed by atoms with Gasteiger partial charge in [-0.05, 0) is 26.2 Å². The highest BCUT2D eigenvalue weighted by molar-refractivity contribution is 6.20. The number of alkyl halides is 1. The summed E-state index contributed by atoms with van der Waals surface area (Å²) in [6.45, 7) is 1.90. The first kappa shape index (κ1) is 10.9. The average molecular weight is 230 g/mol. The summed E-state index contributed by atoms with van der Waals surface area (Å²) in [5, 5.41) is 8.09. The summed E-state index contributed by atoms with van der Waals surface area (Å²) in [5.74, 6) is 0. The maximum absolute atomic E-state index is 5.95. The van der Waals surface area contributed by atoms with Crippen molar-refractivity contribution in [3.05, 3.63) is 11.9 Å². The minimum atomic E-state index is -0.0823. The van der Waals surface area contributed by atoms with Crippen LogP contribution in [-0.2, 0) is 4.74 Å². The van der Waals surface area contributed by atoms with Crippen molar-refractivity contribution in [3.63, 3.8) is 0 Å². The van der Waals surface area contributed by atoms with Gasteiger partial charge >= 0.3 is 0 Å². The van der Waals surface area contributed by atoms with Gasteiger partial charge in [-0.25, -0.2) is 4.68 Å². The molecule has 15 heavy (non-hydrogen) atoms. The van der Waals surface area contributed by atoms with Crippen molar-refractivity contribution in [1.82, 2.24) is 15.0 Å². The van der Waals surface area contributed by atoms with E-state index < -0.39 is 0 Å². The van der Waals surface area contributed by atoms with Crippen molar-refractivity contribution in [2.45, 2.75) is 43.7 Å². The van der Waals surface area contributed by atoms with E-state index in [0.717, 1.165) is 18.5 Å². The maximum Gasteiger partial charge on any atom is 0.100 e. The Morgan fingerprint density at radius 1 is 1.60 bits per heavy atom. The number of methoxy groups -OCH3 is 1. The normalized spacial score (nSPS) is 28.2. The van der Waals surface area contributed by atoms with Crippen molar-refractivity contribution >= 4 is 11.6 Å². The minimum Gasteiger partial charge on any atom is -0.379 e. The van der Waals surface area contributed by atoms with Crippen LogP contribution in [0.2, 0.25) is 0 Å². The Bertz CT molecular complexity index is 326. The predicted molar refractivity (Wildman–Crippen MR) is 58.0 cm³/mol. The van der Waals surface area contributed by atoms with Crippen LogP contribution in [0.15, 0.2) is 6.20 Å². The SMILES string of the molecule is COC1CCCC1n1cc(C(C)Cl)nn1. The van der Waals surface area contributed by atoms with E-state index in [1.807, 2.05) is 17.8 Å². The molecule has 0 aromatic carbocycles. The molecule has 0 amide bonds. The molecule has 1 fully saturated rings. The molecule has 1 aliphatic carbocycles. The third kappa shape index (κ3) is 2.16. The lowest BCUT2D eigenvalue weighted by Gasteiger charge is -2.17. The molecule has 1 heterocycles. The van der Waals surface area contributed by atoms with Crippen LogP contribution < -0.4 is 0 Å². The van der Waals surface area contributed by atoms with E-state index in [2.05, 4.69) is 10.3 Å². The minimum absolute atomic E-state index is 0.0823. The zero-order chi connectivity index (χ0) is 10.8. The van der Waals surface area contributed by atoms with Crippen LogP contribution in [0.1, 0.15) is 43.3 Å². The highest BCUT2D eigenvalue weighted by atomic mass is 35.5. The van der Waals surface area contributed by atoms with Crippen LogP contribution in [0.3, 0.4) is 0 Å². The molecule has 1 aliphatic rings. The summed E-state index contributed by atoms with van der Waals surface area (Å²) in [6, 6.07) is 0.326. The Hall–Kier alpha value is -0.610. The van der Waals surface area contributed by atoms with E-state index in [1.54, 1.807) is 7.11 Å². The van der Waals surface area contributed by atoms with E-state index in [4.69, 9.17) is 16.3 Å².